The van der Waals surface area contributed by atoms with Crippen LogP contribution in [0.1, 0.15) is 49.0 Å². The second-order valence-electron chi connectivity index (χ2n) is 5.51. The van der Waals surface area contributed by atoms with Gasteiger partial charge in [-0.25, -0.2) is 0 Å². The lowest BCUT2D eigenvalue weighted by Gasteiger charge is -2.29. The summed E-state index contributed by atoms with van der Waals surface area (Å²) in [4.78, 5) is 0. The molecule has 0 aromatic heterocycles. The Bertz CT molecular complexity index is 130. The van der Waals surface area contributed by atoms with Crippen LogP contribution in [0, 0.1) is 5.41 Å². The second kappa shape index (κ2) is 4.97. The third kappa shape index (κ3) is 8.26. The Morgan fingerprint density at radius 1 is 1.08 bits per heavy atom. The third-order valence-corrected chi connectivity index (χ3v) is 1.83. The van der Waals surface area contributed by atoms with Crippen molar-refractivity contribution in [2.24, 2.45) is 5.41 Å². The highest BCUT2D eigenvalue weighted by Gasteiger charge is 2.23. The van der Waals surface area contributed by atoms with Crippen molar-refractivity contribution in [2.75, 3.05) is 6.54 Å². The molecule has 0 aliphatic carbocycles. The molecule has 0 fully saturated rings. The van der Waals surface area contributed by atoms with Gasteiger partial charge in [0.2, 0.25) is 0 Å². The summed E-state index contributed by atoms with van der Waals surface area (Å²) in [5, 5.41) is 13.0. The number of hydrogen-bond donors (Lipinski definition) is 2. The van der Waals surface area contributed by atoms with Gasteiger partial charge in [-0.3, -0.25) is 0 Å². The SMILES string of the molecule is C.CC(C)(C)NCC(O)C(C)(C)C. The highest BCUT2D eigenvalue weighted by atomic mass is 16.3. The topological polar surface area (TPSA) is 32.3 Å². The zero-order valence-electron chi connectivity index (χ0n) is 9.23. The van der Waals surface area contributed by atoms with Gasteiger partial charge in [-0.2, -0.15) is 0 Å². The molecule has 2 heteroatoms. The largest absolute Gasteiger partial charge is 0.391 e. The fourth-order valence-electron chi connectivity index (χ4n) is 0.709. The average Bonchev–Trinajstić information content (AvgIpc) is 1.78. The van der Waals surface area contributed by atoms with Crippen molar-refractivity contribution in [3.63, 3.8) is 0 Å². The van der Waals surface area contributed by atoms with Gasteiger partial charge in [-0.1, -0.05) is 28.2 Å². The third-order valence-electron chi connectivity index (χ3n) is 1.83. The second-order valence-corrected chi connectivity index (χ2v) is 5.51. The molecule has 0 spiro atoms. The van der Waals surface area contributed by atoms with Gasteiger partial charge in [0, 0.05) is 12.1 Å². The highest BCUT2D eigenvalue weighted by molar-refractivity contribution is 4.79. The van der Waals surface area contributed by atoms with Gasteiger partial charge in [0.05, 0.1) is 6.10 Å². The van der Waals surface area contributed by atoms with E-state index in [0.29, 0.717) is 6.54 Å². The molecule has 0 saturated heterocycles. The van der Waals surface area contributed by atoms with Crippen LogP contribution < -0.4 is 5.32 Å². The van der Waals surface area contributed by atoms with E-state index in [1.807, 2.05) is 20.8 Å². The molecule has 13 heavy (non-hydrogen) atoms. The van der Waals surface area contributed by atoms with Crippen LogP contribution in [0.3, 0.4) is 0 Å². The fourth-order valence-corrected chi connectivity index (χ4v) is 0.709. The molecule has 0 rings (SSSR count). The lowest BCUT2D eigenvalue weighted by Crippen LogP contribution is -2.44. The summed E-state index contributed by atoms with van der Waals surface area (Å²) in [5.41, 5.74) is 0.0600. The molecule has 1 atom stereocenters. The van der Waals surface area contributed by atoms with E-state index in [9.17, 15) is 5.11 Å². The lowest BCUT2D eigenvalue weighted by atomic mass is 9.89. The summed E-state index contributed by atoms with van der Waals surface area (Å²) >= 11 is 0. The van der Waals surface area contributed by atoms with E-state index in [2.05, 4.69) is 26.1 Å². The monoisotopic (exact) mass is 189 g/mol. The van der Waals surface area contributed by atoms with E-state index < -0.39 is 0 Å². The Labute approximate surface area is 83.7 Å². The van der Waals surface area contributed by atoms with Crippen molar-refractivity contribution in [3.05, 3.63) is 0 Å². The maximum atomic E-state index is 9.69. The first-order valence-electron chi connectivity index (χ1n) is 4.56. The van der Waals surface area contributed by atoms with E-state index in [-0.39, 0.29) is 24.5 Å². The van der Waals surface area contributed by atoms with E-state index in [1.54, 1.807) is 0 Å². The molecule has 0 bridgehead atoms. The molecular formula is C11H27NO. The van der Waals surface area contributed by atoms with Crippen LogP contribution in [-0.2, 0) is 0 Å². The first-order chi connectivity index (χ1) is 5.13. The Morgan fingerprint density at radius 3 is 1.69 bits per heavy atom. The molecule has 0 heterocycles. The molecule has 2 N–H and O–H groups in total. The van der Waals surface area contributed by atoms with E-state index in [0.717, 1.165) is 0 Å². The molecule has 0 radical (unpaired) electrons. The zero-order chi connectivity index (χ0) is 9.99. The Balaban J connectivity index is 0. The highest BCUT2D eigenvalue weighted by Crippen LogP contribution is 2.18. The van der Waals surface area contributed by atoms with Gasteiger partial charge >= 0.3 is 0 Å². The predicted molar refractivity (Wildman–Crippen MR) is 59.9 cm³/mol. The van der Waals surface area contributed by atoms with Crippen LogP contribution in [0.4, 0.5) is 0 Å². The van der Waals surface area contributed by atoms with Crippen LogP contribution in [0.15, 0.2) is 0 Å². The summed E-state index contributed by atoms with van der Waals surface area (Å²) in [6, 6.07) is 0. The Hall–Kier alpha value is -0.0800. The van der Waals surface area contributed by atoms with Gasteiger partial charge in [0.25, 0.3) is 0 Å². The van der Waals surface area contributed by atoms with E-state index in [4.69, 9.17) is 0 Å². The maximum absolute atomic E-state index is 9.69. The van der Waals surface area contributed by atoms with Gasteiger partial charge in [-0.05, 0) is 26.2 Å². The van der Waals surface area contributed by atoms with Gasteiger partial charge in [0.15, 0.2) is 0 Å². The standard InChI is InChI=1S/C10H23NO.CH4/c1-9(2,3)8(12)7-11-10(4,5)6;/h8,11-12H,7H2,1-6H3;1H4. The molecular weight excluding hydrogens is 162 g/mol. The van der Waals surface area contributed by atoms with Crippen LogP contribution in [0.2, 0.25) is 0 Å². The number of β-amino-alcohol motifs (C(OH)–C–C–N with tert-alkyl or cyclic N) is 1. The number of aliphatic hydroxyl groups is 1. The van der Waals surface area contributed by atoms with Crippen LogP contribution in [0.5, 0.6) is 0 Å². The van der Waals surface area contributed by atoms with Crippen LogP contribution in [0.25, 0.3) is 0 Å². The number of aliphatic hydroxyl groups excluding tert-OH is 1. The first kappa shape index (κ1) is 15.4. The molecule has 1 unspecified atom stereocenters. The summed E-state index contributed by atoms with van der Waals surface area (Å²) < 4.78 is 0. The average molecular weight is 189 g/mol. The van der Waals surface area contributed by atoms with Crippen molar-refractivity contribution in [1.82, 2.24) is 5.32 Å². The summed E-state index contributed by atoms with van der Waals surface area (Å²) in [6.45, 7) is 13.1. The Kier molecular flexibility index (Phi) is 5.88. The minimum absolute atomic E-state index is 0. The van der Waals surface area contributed by atoms with Gasteiger partial charge in [0.1, 0.15) is 0 Å². The molecule has 0 aliphatic rings. The predicted octanol–water partition coefficient (Wildman–Crippen LogP) is 2.42. The van der Waals surface area contributed by atoms with Crippen molar-refractivity contribution in [3.8, 4) is 0 Å². The summed E-state index contributed by atoms with van der Waals surface area (Å²) in [6.07, 6.45) is -0.281. The van der Waals surface area contributed by atoms with Crippen molar-refractivity contribution in [1.29, 1.82) is 0 Å². The number of nitrogens with one attached hydrogen (secondary N) is 1. The molecule has 0 aliphatic heterocycles. The van der Waals surface area contributed by atoms with Crippen LogP contribution in [-0.4, -0.2) is 23.3 Å². The summed E-state index contributed by atoms with van der Waals surface area (Å²) in [5.74, 6) is 0. The van der Waals surface area contributed by atoms with E-state index in [1.165, 1.54) is 0 Å². The van der Waals surface area contributed by atoms with Crippen molar-refractivity contribution < 1.29 is 5.11 Å². The molecule has 0 aromatic rings. The van der Waals surface area contributed by atoms with Gasteiger partial charge in [-0.15, -0.1) is 0 Å². The first-order valence-corrected chi connectivity index (χ1v) is 4.56. The van der Waals surface area contributed by atoms with E-state index >= 15 is 0 Å². The van der Waals surface area contributed by atoms with Crippen LogP contribution >= 0.6 is 0 Å². The lowest BCUT2D eigenvalue weighted by molar-refractivity contribution is 0.0575. The molecule has 82 valence electrons. The normalized spacial score (nSPS) is 15.0. The molecule has 0 aromatic carbocycles. The number of hydrogen-bond acceptors (Lipinski definition) is 2. The fraction of sp³-hybridized carbons (Fsp3) is 1.00. The van der Waals surface area contributed by atoms with Crippen molar-refractivity contribution >= 4 is 0 Å². The molecule has 0 saturated carbocycles. The maximum Gasteiger partial charge on any atom is 0.0712 e. The summed E-state index contributed by atoms with van der Waals surface area (Å²) in [7, 11) is 0. The Morgan fingerprint density at radius 2 is 1.46 bits per heavy atom. The minimum atomic E-state index is -0.281. The molecule has 2 nitrogen and oxygen atoms in total. The van der Waals surface area contributed by atoms with Gasteiger partial charge < -0.3 is 10.4 Å². The smallest absolute Gasteiger partial charge is 0.0712 e. The quantitative estimate of drug-likeness (QED) is 0.699. The number of rotatable bonds is 2. The zero-order valence-corrected chi connectivity index (χ0v) is 9.23. The van der Waals surface area contributed by atoms with Crippen molar-refractivity contribution in [2.45, 2.75) is 60.6 Å². The minimum Gasteiger partial charge on any atom is -0.391 e. The molecule has 0 amide bonds.